The molecule has 0 spiro atoms. The Morgan fingerprint density at radius 3 is 2.44 bits per heavy atom. The molecule has 4 heteroatoms. The van der Waals surface area contributed by atoms with Crippen LogP contribution in [0.2, 0.25) is 0 Å². The molecule has 3 nitrogen and oxygen atoms in total. The molecule has 0 radical (unpaired) electrons. The van der Waals surface area contributed by atoms with Crippen molar-refractivity contribution in [1.82, 2.24) is 4.90 Å². The molecule has 1 heterocycles. The molecule has 1 aromatic rings. The van der Waals surface area contributed by atoms with Crippen molar-refractivity contribution in [2.24, 2.45) is 0 Å². The third-order valence-corrected chi connectivity index (χ3v) is 2.76. The second-order valence-electron chi connectivity index (χ2n) is 4.13. The predicted molar refractivity (Wildman–Crippen MR) is 57.7 cm³/mol. The molecule has 2 rings (SSSR count). The van der Waals surface area contributed by atoms with Crippen molar-refractivity contribution in [2.75, 3.05) is 6.54 Å². The van der Waals surface area contributed by atoms with Gasteiger partial charge in [0.25, 0.3) is 0 Å². The lowest BCUT2D eigenvalue weighted by Gasteiger charge is -2.16. The summed E-state index contributed by atoms with van der Waals surface area (Å²) in [5.41, 5.74) is 2.43. The fourth-order valence-corrected chi connectivity index (χ4v) is 2.07. The van der Waals surface area contributed by atoms with Crippen LogP contribution >= 0.6 is 0 Å². The number of fused-ring (bicyclic) bond motifs is 1. The first-order valence-corrected chi connectivity index (χ1v) is 5.30. The van der Waals surface area contributed by atoms with Crippen molar-refractivity contribution in [3.8, 4) is 0 Å². The molecule has 0 aromatic heterocycles. The van der Waals surface area contributed by atoms with E-state index in [9.17, 15) is 9.18 Å². The smallest absolute Gasteiger partial charge is 0.306 e. The van der Waals surface area contributed by atoms with Crippen LogP contribution < -0.4 is 0 Å². The molecule has 0 saturated heterocycles. The lowest BCUT2D eigenvalue weighted by atomic mass is 10.1. The van der Waals surface area contributed by atoms with Crippen LogP contribution in [0.3, 0.4) is 0 Å². The topological polar surface area (TPSA) is 40.5 Å². The maximum atomic E-state index is 13.3. The average Bonchev–Trinajstić information content (AvgIpc) is 2.57. The molecular formula is C12H14FNO2. The van der Waals surface area contributed by atoms with Crippen molar-refractivity contribution in [1.29, 1.82) is 0 Å². The normalized spacial score (nSPS) is 17.1. The lowest BCUT2D eigenvalue weighted by Crippen LogP contribution is -2.27. The molecule has 0 fully saturated rings. The summed E-state index contributed by atoms with van der Waals surface area (Å²) in [5, 5.41) is 8.47. The molecule has 0 aliphatic carbocycles. The molecule has 1 N–H and O–H groups in total. The van der Waals surface area contributed by atoms with E-state index in [1.165, 1.54) is 11.1 Å². The third-order valence-electron chi connectivity index (χ3n) is 2.76. The molecule has 0 bridgehead atoms. The fraction of sp³-hybridized carbons (Fsp3) is 0.417. The molecule has 1 aliphatic rings. The minimum Gasteiger partial charge on any atom is -0.481 e. The maximum absolute atomic E-state index is 13.3. The van der Waals surface area contributed by atoms with E-state index in [-0.39, 0.29) is 6.54 Å². The van der Waals surface area contributed by atoms with Gasteiger partial charge < -0.3 is 5.11 Å². The number of carbonyl (C=O) groups is 1. The highest BCUT2D eigenvalue weighted by Crippen LogP contribution is 2.22. The van der Waals surface area contributed by atoms with Crippen LogP contribution in [-0.4, -0.2) is 28.7 Å². The standard InChI is InChI=1S/C12H14FNO2/c13-11(5-12(15)16)8-14-6-9-3-1-2-4-10(9)7-14/h1-4,11H,5-8H2,(H,15,16). The first-order valence-electron chi connectivity index (χ1n) is 5.30. The summed E-state index contributed by atoms with van der Waals surface area (Å²) in [6, 6.07) is 7.98. The van der Waals surface area contributed by atoms with Gasteiger partial charge in [-0.3, -0.25) is 9.69 Å². The Morgan fingerprint density at radius 1 is 1.38 bits per heavy atom. The van der Waals surface area contributed by atoms with Crippen LogP contribution in [0.1, 0.15) is 17.5 Å². The van der Waals surface area contributed by atoms with Gasteiger partial charge in [-0.1, -0.05) is 24.3 Å². The number of carboxylic acids is 1. The number of alkyl halides is 1. The van der Waals surface area contributed by atoms with Crippen molar-refractivity contribution < 1.29 is 14.3 Å². The predicted octanol–water partition coefficient (Wildman–Crippen LogP) is 1.82. The Labute approximate surface area is 93.5 Å². The van der Waals surface area contributed by atoms with Crippen LogP contribution in [0.4, 0.5) is 4.39 Å². The van der Waals surface area contributed by atoms with E-state index < -0.39 is 18.6 Å². The molecular weight excluding hydrogens is 209 g/mol. The highest BCUT2D eigenvalue weighted by atomic mass is 19.1. The lowest BCUT2D eigenvalue weighted by molar-refractivity contribution is -0.138. The molecule has 1 unspecified atom stereocenters. The number of hydrogen-bond donors (Lipinski definition) is 1. The number of hydrogen-bond acceptors (Lipinski definition) is 2. The minimum absolute atomic E-state index is 0.195. The Morgan fingerprint density at radius 2 is 1.94 bits per heavy atom. The number of halogens is 1. The summed E-state index contributed by atoms with van der Waals surface area (Å²) in [5.74, 6) is -1.08. The molecule has 1 aliphatic heterocycles. The Bertz CT molecular complexity index is 369. The van der Waals surface area contributed by atoms with Crippen LogP contribution in [0.25, 0.3) is 0 Å². The van der Waals surface area contributed by atoms with Crippen molar-refractivity contribution in [3.63, 3.8) is 0 Å². The summed E-state index contributed by atoms with van der Waals surface area (Å²) in [7, 11) is 0. The first-order chi connectivity index (χ1) is 7.65. The number of aliphatic carboxylic acids is 1. The third kappa shape index (κ3) is 2.58. The second-order valence-corrected chi connectivity index (χ2v) is 4.13. The van der Waals surface area contributed by atoms with Crippen LogP contribution in [0.15, 0.2) is 24.3 Å². The van der Waals surface area contributed by atoms with Crippen molar-refractivity contribution in [2.45, 2.75) is 25.7 Å². The van der Waals surface area contributed by atoms with E-state index in [1.54, 1.807) is 0 Å². The molecule has 0 saturated carbocycles. The number of nitrogens with zero attached hydrogens (tertiary/aromatic N) is 1. The van der Waals surface area contributed by atoms with E-state index in [1.807, 2.05) is 29.2 Å². The van der Waals surface area contributed by atoms with Gasteiger partial charge in [-0.2, -0.15) is 0 Å². The zero-order valence-corrected chi connectivity index (χ0v) is 8.90. The average molecular weight is 223 g/mol. The SMILES string of the molecule is O=C(O)CC(F)CN1Cc2ccccc2C1. The van der Waals surface area contributed by atoms with E-state index in [4.69, 9.17) is 5.11 Å². The second kappa shape index (κ2) is 4.61. The Balaban J connectivity index is 1.89. The summed E-state index contributed by atoms with van der Waals surface area (Å²) >= 11 is 0. The summed E-state index contributed by atoms with van der Waals surface area (Å²) < 4.78 is 13.3. The molecule has 16 heavy (non-hydrogen) atoms. The summed E-state index contributed by atoms with van der Waals surface area (Å²) in [6.07, 6.45) is -1.70. The fourth-order valence-electron chi connectivity index (χ4n) is 2.07. The molecule has 1 atom stereocenters. The van der Waals surface area contributed by atoms with Gasteiger partial charge in [-0.15, -0.1) is 0 Å². The van der Waals surface area contributed by atoms with Crippen LogP contribution in [-0.2, 0) is 17.9 Å². The summed E-state index contributed by atoms with van der Waals surface area (Å²) in [6.45, 7) is 1.63. The molecule has 0 amide bonds. The van der Waals surface area contributed by atoms with Crippen molar-refractivity contribution in [3.05, 3.63) is 35.4 Å². The van der Waals surface area contributed by atoms with E-state index in [2.05, 4.69) is 0 Å². The largest absolute Gasteiger partial charge is 0.481 e. The van der Waals surface area contributed by atoms with Gasteiger partial charge in [-0.25, -0.2) is 4.39 Å². The van der Waals surface area contributed by atoms with Gasteiger partial charge >= 0.3 is 5.97 Å². The van der Waals surface area contributed by atoms with E-state index in [0.29, 0.717) is 0 Å². The van der Waals surface area contributed by atoms with Gasteiger partial charge in [0.2, 0.25) is 0 Å². The van der Waals surface area contributed by atoms with Gasteiger partial charge in [0, 0.05) is 19.6 Å². The van der Waals surface area contributed by atoms with Crippen LogP contribution in [0.5, 0.6) is 0 Å². The van der Waals surface area contributed by atoms with Gasteiger partial charge in [0.1, 0.15) is 6.17 Å². The molecule has 86 valence electrons. The monoisotopic (exact) mass is 223 g/mol. The van der Waals surface area contributed by atoms with E-state index in [0.717, 1.165) is 13.1 Å². The number of carboxylic acid groups (broad SMARTS) is 1. The minimum atomic E-state index is -1.29. The highest BCUT2D eigenvalue weighted by Gasteiger charge is 2.22. The van der Waals surface area contributed by atoms with Gasteiger partial charge in [-0.05, 0) is 11.1 Å². The Kier molecular flexibility index (Phi) is 3.19. The first kappa shape index (κ1) is 11.1. The zero-order chi connectivity index (χ0) is 11.5. The maximum Gasteiger partial charge on any atom is 0.306 e. The quantitative estimate of drug-likeness (QED) is 0.846. The number of benzene rings is 1. The van der Waals surface area contributed by atoms with Gasteiger partial charge in [0.15, 0.2) is 0 Å². The van der Waals surface area contributed by atoms with Crippen LogP contribution in [0, 0.1) is 0 Å². The summed E-state index contributed by atoms with van der Waals surface area (Å²) in [4.78, 5) is 12.3. The van der Waals surface area contributed by atoms with E-state index >= 15 is 0 Å². The Hall–Kier alpha value is -1.42. The highest BCUT2D eigenvalue weighted by molar-refractivity contribution is 5.67. The number of rotatable bonds is 4. The van der Waals surface area contributed by atoms with Gasteiger partial charge in [0.05, 0.1) is 6.42 Å². The molecule has 1 aromatic carbocycles. The zero-order valence-electron chi connectivity index (χ0n) is 8.90. The van der Waals surface area contributed by atoms with Crippen molar-refractivity contribution >= 4 is 5.97 Å².